The molecule has 0 amide bonds. The Hall–Kier alpha value is -1.95. The number of fused-ring (bicyclic) bond motifs is 1. The SMILES string of the molecule is Cn1cnc(-c2cc(Cl)ccc2Cl)c1-c1cc2cncnc2s1. The third kappa shape index (κ3) is 2.51. The van der Waals surface area contributed by atoms with E-state index in [0.29, 0.717) is 10.0 Å². The van der Waals surface area contributed by atoms with E-state index < -0.39 is 0 Å². The number of nitrogens with zero attached hydrogens (tertiary/aromatic N) is 4. The normalized spacial score (nSPS) is 11.3. The zero-order valence-corrected chi connectivity index (χ0v) is 14.3. The molecule has 7 heteroatoms. The Morgan fingerprint density at radius 3 is 2.83 bits per heavy atom. The quantitative estimate of drug-likeness (QED) is 0.501. The Morgan fingerprint density at radius 1 is 1.13 bits per heavy atom. The third-order valence-electron chi connectivity index (χ3n) is 3.55. The van der Waals surface area contributed by atoms with E-state index in [-0.39, 0.29) is 0 Å². The lowest BCUT2D eigenvalue weighted by molar-refractivity contribution is 0.923. The second kappa shape index (κ2) is 5.60. The minimum Gasteiger partial charge on any atom is -0.333 e. The van der Waals surface area contributed by atoms with Crippen LogP contribution in [-0.4, -0.2) is 19.5 Å². The second-order valence-electron chi connectivity index (χ2n) is 5.07. The van der Waals surface area contributed by atoms with Crippen molar-refractivity contribution in [2.24, 2.45) is 7.05 Å². The molecular weight excluding hydrogens is 351 g/mol. The molecular formula is C16H10Cl2N4S. The molecule has 4 aromatic rings. The van der Waals surface area contributed by atoms with Gasteiger partial charge in [-0.15, -0.1) is 11.3 Å². The monoisotopic (exact) mass is 360 g/mol. The molecule has 0 saturated heterocycles. The van der Waals surface area contributed by atoms with Crippen LogP contribution in [0.2, 0.25) is 10.0 Å². The lowest BCUT2D eigenvalue weighted by atomic mass is 10.1. The number of hydrogen-bond acceptors (Lipinski definition) is 4. The minimum atomic E-state index is 0.621. The number of rotatable bonds is 2. The minimum absolute atomic E-state index is 0.621. The zero-order chi connectivity index (χ0) is 16.0. The van der Waals surface area contributed by atoms with Gasteiger partial charge in [0.25, 0.3) is 0 Å². The maximum atomic E-state index is 6.35. The highest BCUT2D eigenvalue weighted by molar-refractivity contribution is 7.21. The van der Waals surface area contributed by atoms with E-state index in [1.54, 1.807) is 36.1 Å². The van der Waals surface area contributed by atoms with Gasteiger partial charge in [-0.05, 0) is 24.3 Å². The molecule has 0 unspecified atom stereocenters. The molecule has 0 aliphatic rings. The number of thiophene rings is 1. The summed E-state index contributed by atoms with van der Waals surface area (Å²) in [6, 6.07) is 7.46. The lowest BCUT2D eigenvalue weighted by Gasteiger charge is -2.06. The van der Waals surface area contributed by atoms with Crippen molar-refractivity contribution in [3.63, 3.8) is 0 Å². The van der Waals surface area contributed by atoms with Crippen LogP contribution in [0.3, 0.4) is 0 Å². The maximum absolute atomic E-state index is 6.35. The average Bonchev–Trinajstić information content (AvgIpc) is 3.12. The smallest absolute Gasteiger partial charge is 0.127 e. The number of aromatic nitrogens is 4. The van der Waals surface area contributed by atoms with Crippen molar-refractivity contribution in [1.29, 1.82) is 0 Å². The topological polar surface area (TPSA) is 43.6 Å². The molecule has 4 nitrogen and oxygen atoms in total. The Bertz CT molecular complexity index is 989. The van der Waals surface area contributed by atoms with Crippen LogP contribution in [0.15, 0.2) is 43.1 Å². The fourth-order valence-electron chi connectivity index (χ4n) is 2.50. The summed E-state index contributed by atoms with van der Waals surface area (Å²) in [7, 11) is 1.96. The van der Waals surface area contributed by atoms with Gasteiger partial charge in [-0.25, -0.2) is 15.0 Å². The van der Waals surface area contributed by atoms with Crippen molar-refractivity contribution < 1.29 is 0 Å². The molecule has 0 aliphatic heterocycles. The third-order valence-corrected chi connectivity index (χ3v) is 5.18. The summed E-state index contributed by atoms with van der Waals surface area (Å²) in [6.07, 6.45) is 5.14. The van der Waals surface area contributed by atoms with E-state index in [2.05, 4.69) is 21.0 Å². The summed E-state index contributed by atoms with van der Waals surface area (Å²) in [6.45, 7) is 0. The van der Waals surface area contributed by atoms with Crippen molar-refractivity contribution in [3.8, 4) is 21.8 Å². The van der Waals surface area contributed by atoms with Crippen LogP contribution < -0.4 is 0 Å². The van der Waals surface area contributed by atoms with Crippen LogP contribution in [0.5, 0.6) is 0 Å². The van der Waals surface area contributed by atoms with Gasteiger partial charge in [0.1, 0.15) is 11.2 Å². The van der Waals surface area contributed by atoms with Gasteiger partial charge in [0, 0.05) is 29.2 Å². The first-order valence-corrected chi connectivity index (χ1v) is 8.37. The predicted octanol–water partition coefficient (Wildman–Crippen LogP) is 5.07. The van der Waals surface area contributed by atoms with Gasteiger partial charge in [0.15, 0.2) is 0 Å². The van der Waals surface area contributed by atoms with Gasteiger partial charge in [-0.1, -0.05) is 23.2 Å². The van der Waals surface area contributed by atoms with Crippen LogP contribution in [0, 0.1) is 0 Å². The Balaban J connectivity index is 1.96. The molecule has 0 fully saturated rings. The number of hydrogen-bond donors (Lipinski definition) is 0. The Kier molecular flexibility index (Phi) is 3.56. The molecule has 114 valence electrons. The fraction of sp³-hybridized carbons (Fsp3) is 0.0625. The fourth-order valence-corrected chi connectivity index (χ4v) is 3.94. The van der Waals surface area contributed by atoms with Crippen molar-refractivity contribution in [3.05, 3.63) is 53.2 Å². The van der Waals surface area contributed by atoms with Gasteiger partial charge in [0.05, 0.1) is 27.6 Å². The Labute approximate surface area is 146 Å². The molecule has 0 bridgehead atoms. The number of benzene rings is 1. The molecule has 3 heterocycles. The summed E-state index contributed by atoms with van der Waals surface area (Å²) in [5.41, 5.74) is 2.61. The summed E-state index contributed by atoms with van der Waals surface area (Å²) < 4.78 is 1.98. The molecule has 0 spiro atoms. The average molecular weight is 361 g/mol. The lowest BCUT2D eigenvalue weighted by Crippen LogP contribution is -1.90. The van der Waals surface area contributed by atoms with Gasteiger partial charge >= 0.3 is 0 Å². The highest BCUT2D eigenvalue weighted by atomic mass is 35.5. The molecule has 0 saturated carbocycles. The standard InChI is InChI=1S/C16H10Cl2N4S/c1-22-8-21-14(11-5-10(17)2-3-12(11)18)15(22)13-4-9-6-19-7-20-16(9)23-13/h2-8H,1H3. The first-order valence-electron chi connectivity index (χ1n) is 6.80. The maximum Gasteiger partial charge on any atom is 0.127 e. The summed E-state index contributed by atoms with van der Waals surface area (Å²) >= 11 is 14.1. The van der Waals surface area contributed by atoms with Crippen molar-refractivity contribution in [1.82, 2.24) is 19.5 Å². The highest BCUT2D eigenvalue weighted by Crippen LogP contribution is 2.39. The summed E-state index contributed by atoms with van der Waals surface area (Å²) in [5, 5.41) is 2.26. The van der Waals surface area contributed by atoms with Crippen LogP contribution in [0.4, 0.5) is 0 Å². The molecule has 0 radical (unpaired) electrons. The van der Waals surface area contributed by atoms with E-state index in [1.165, 1.54) is 0 Å². The predicted molar refractivity (Wildman–Crippen MR) is 95.1 cm³/mol. The van der Waals surface area contributed by atoms with Crippen molar-refractivity contribution in [2.45, 2.75) is 0 Å². The molecule has 23 heavy (non-hydrogen) atoms. The highest BCUT2D eigenvalue weighted by Gasteiger charge is 2.18. The summed E-state index contributed by atoms with van der Waals surface area (Å²) in [5.74, 6) is 0. The van der Waals surface area contributed by atoms with E-state index in [4.69, 9.17) is 23.2 Å². The molecule has 0 N–H and O–H groups in total. The van der Waals surface area contributed by atoms with Gasteiger partial charge in [0.2, 0.25) is 0 Å². The van der Waals surface area contributed by atoms with Crippen molar-refractivity contribution in [2.75, 3.05) is 0 Å². The van der Waals surface area contributed by atoms with E-state index in [1.807, 2.05) is 23.9 Å². The molecule has 3 aromatic heterocycles. The molecule has 0 aliphatic carbocycles. The molecule has 4 rings (SSSR count). The zero-order valence-electron chi connectivity index (χ0n) is 12.0. The molecule has 1 aromatic carbocycles. The van der Waals surface area contributed by atoms with Crippen LogP contribution in [0.1, 0.15) is 0 Å². The first-order chi connectivity index (χ1) is 11.1. The van der Waals surface area contributed by atoms with Gasteiger partial charge in [-0.3, -0.25) is 0 Å². The molecule has 0 atom stereocenters. The van der Waals surface area contributed by atoms with E-state index in [0.717, 1.165) is 32.0 Å². The van der Waals surface area contributed by atoms with E-state index >= 15 is 0 Å². The second-order valence-corrected chi connectivity index (χ2v) is 6.95. The van der Waals surface area contributed by atoms with Gasteiger partial charge in [-0.2, -0.15) is 0 Å². The van der Waals surface area contributed by atoms with E-state index in [9.17, 15) is 0 Å². The Morgan fingerprint density at radius 2 is 2.00 bits per heavy atom. The first kappa shape index (κ1) is 14.6. The van der Waals surface area contributed by atoms with Crippen molar-refractivity contribution >= 4 is 44.8 Å². The van der Waals surface area contributed by atoms with Crippen LogP contribution >= 0.6 is 34.5 Å². The van der Waals surface area contributed by atoms with Gasteiger partial charge < -0.3 is 4.57 Å². The summed E-state index contributed by atoms with van der Waals surface area (Å²) in [4.78, 5) is 14.9. The van der Waals surface area contributed by atoms with Crippen LogP contribution in [-0.2, 0) is 7.05 Å². The largest absolute Gasteiger partial charge is 0.333 e. The van der Waals surface area contributed by atoms with Crippen LogP contribution in [0.25, 0.3) is 32.0 Å². The number of halogens is 2. The number of aryl methyl sites for hydroxylation is 1. The number of imidazole rings is 1.